The molecule has 0 spiro atoms. The molecule has 32 valence electrons. The van der Waals surface area contributed by atoms with Crippen LogP contribution in [0.3, 0.4) is 0 Å². The molecule has 3 nitrogen and oxygen atoms in total. The molecule has 0 fully saturated rings. The van der Waals surface area contributed by atoms with Gasteiger partial charge in [0.25, 0.3) is 0 Å². The van der Waals surface area contributed by atoms with Crippen LogP contribution in [0.25, 0.3) is 0 Å². The van der Waals surface area contributed by atoms with Crippen molar-refractivity contribution in [3.05, 3.63) is 0 Å². The Morgan fingerprint density at radius 3 is 1.50 bits per heavy atom. The van der Waals surface area contributed by atoms with E-state index in [1.165, 1.54) is 0 Å². The Bertz CT molecular complexity index is 40.3. The van der Waals surface area contributed by atoms with E-state index in [-0.39, 0.29) is 52.1 Å². The molecule has 2 N–H and O–H groups in total. The number of hydrogen-bond donors (Lipinski definition) is 2. The quantitative estimate of drug-likeness (QED) is 0.518. The first-order valence-electron chi connectivity index (χ1n) is 0.651. The van der Waals surface area contributed by atoms with Gasteiger partial charge < -0.3 is 13.1 Å². The molecule has 0 radical (unpaired) electrons. The summed E-state index contributed by atoms with van der Waals surface area (Å²) in [5.41, 5.74) is 0. The number of carbonyl (C=O) groups is 1. The van der Waals surface area contributed by atoms with Gasteiger partial charge in [-0.3, -0.25) is 0 Å². The second-order valence-corrected chi connectivity index (χ2v) is 0.283. The van der Waals surface area contributed by atoms with Crippen LogP contribution >= 0.6 is 0 Å². The van der Waals surface area contributed by atoms with Crippen molar-refractivity contribution in [2.45, 2.75) is 0 Å². The summed E-state index contributed by atoms with van der Waals surface area (Å²) in [6, 6.07) is 0. The molecular formula is CH4MgO3Zr. The average molecular weight is 180 g/mol. The number of rotatable bonds is 0. The largest absolute Gasteiger partial charge is 2.00 e. The Kier molecular flexibility index (Phi) is 24.5. The molecule has 0 saturated carbocycles. The topological polar surface area (TPSA) is 57.5 Å². The summed E-state index contributed by atoms with van der Waals surface area (Å²) in [5, 5.41) is 13.9. The van der Waals surface area contributed by atoms with Crippen molar-refractivity contribution in [1.29, 1.82) is 0 Å². The third-order valence-corrected chi connectivity index (χ3v) is 0. The third kappa shape index (κ3) is 89.4. The van der Waals surface area contributed by atoms with Crippen molar-refractivity contribution in [3.8, 4) is 0 Å². The Hall–Kier alpha value is 0.919. The van der Waals surface area contributed by atoms with Gasteiger partial charge in [-0.1, -0.05) is 0 Å². The van der Waals surface area contributed by atoms with Crippen molar-refractivity contribution in [2.75, 3.05) is 0 Å². The van der Waals surface area contributed by atoms with Gasteiger partial charge in [0.15, 0.2) is 0 Å². The monoisotopic (exact) mass is 178 g/mol. The van der Waals surface area contributed by atoms with E-state index >= 15 is 0 Å². The van der Waals surface area contributed by atoms with Gasteiger partial charge in [0.05, 0.1) is 0 Å². The fourth-order valence-corrected chi connectivity index (χ4v) is 0. The van der Waals surface area contributed by atoms with E-state index in [1.54, 1.807) is 0 Å². The smallest absolute Gasteiger partial charge is 1.00 e. The van der Waals surface area contributed by atoms with E-state index in [4.69, 9.17) is 15.0 Å². The predicted molar refractivity (Wildman–Crippen MR) is 18.6 cm³/mol. The molecule has 0 saturated heterocycles. The first-order valence-corrected chi connectivity index (χ1v) is 0.651. The molecule has 0 amide bonds. The number of carboxylic acid groups (broad SMARTS) is 2. The molecular weight excluding hydrogens is 176 g/mol. The van der Waals surface area contributed by atoms with Gasteiger partial charge in [0.1, 0.15) is 0 Å². The molecule has 0 unspecified atom stereocenters. The normalized spacial score (nSPS) is 4.00. The maximum Gasteiger partial charge on any atom is 2.00 e. The second kappa shape index (κ2) is 9.33. The summed E-state index contributed by atoms with van der Waals surface area (Å²) < 4.78 is 0. The minimum atomic E-state index is -1.83. The van der Waals surface area contributed by atoms with Gasteiger partial charge in [0.2, 0.25) is 0 Å². The molecule has 5 heteroatoms. The fourth-order valence-electron chi connectivity index (χ4n) is 0. The van der Waals surface area contributed by atoms with E-state index in [2.05, 4.69) is 0 Å². The molecule has 0 aromatic carbocycles. The van der Waals surface area contributed by atoms with Crippen LogP contribution in [-0.4, -0.2) is 39.4 Å². The van der Waals surface area contributed by atoms with Gasteiger partial charge in [-0.25, -0.2) is 4.79 Å². The molecule has 0 aromatic rings. The van der Waals surface area contributed by atoms with E-state index < -0.39 is 6.16 Å². The van der Waals surface area contributed by atoms with Crippen LogP contribution in [0.15, 0.2) is 0 Å². The minimum absolute atomic E-state index is 0. The molecule has 0 aromatic heterocycles. The van der Waals surface area contributed by atoms with Gasteiger partial charge in [0, 0.05) is 26.2 Å². The van der Waals surface area contributed by atoms with Gasteiger partial charge in [-0.05, 0) is 0 Å². The van der Waals surface area contributed by atoms with Crippen LogP contribution in [0.5, 0.6) is 0 Å². The average Bonchev–Trinajstić information content (AvgIpc) is 0.811. The molecule has 0 bridgehead atoms. The van der Waals surface area contributed by atoms with E-state index in [0.717, 1.165) is 0 Å². The SMILES string of the molecule is O=C(O)O.[H-].[H-].[Mg+2].[Zr]. The molecule has 0 rings (SSSR count). The Labute approximate surface area is 73.0 Å². The third-order valence-electron chi connectivity index (χ3n) is 0. The summed E-state index contributed by atoms with van der Waals surface area (Å²) in [6.07, 6.45) is -1.83. The van der Waals surface area contributed by atoms with Crippen LogP contribution in [0.2, 0.25) is 0 Å². The van der Waals surface area contributed by atoms with Gasteiger partial charge >= 0.3 is 29.2 Å². The van der Waals surface area contributed by atoms with Crippen molar-refractivity contribution in [2.24, 2.45) is 0 Å². The van der Waals surface area contributed by atoms with Crippen LogP contribution in [0.1, 0.15) is 2.85 Å². The molecule has 0 aliphatic heterocycles. The maximum atomic E-state index is 8.56. The van der Waals surface area contributed by atoms with Crippen LogP contribution in [-0.2, 0) is 26.2 Å². The summed E-state index contributed by atoms with van der Waals surface area (Å²) >= 11 is 0. The Balaban J connectivity index is -0.00000000750. The summed E-state index contributed by atoms with van der Waals surface area (Å²) in [4.78, 5) is 8.56. The van der Waals surface area contributed by atoms with E-state index in [1.807, 2.05) is 0 Å². The Morgan fingerprint density at radius 1 is 1.50 bits per heavy atom. The summed E-state index contributed by atoms with van der Waals surface area (Å²) in [6.45, 7) is 0. The molecule has 6 heavy (non-hydrogen) atoms. The first-order chi connectivity index (χ1) is 1.73. The fraction of sp³-hybridized carbons (Fsp3) is 0. The zero-order chi connectivity index (χ0) is 3.58. The molecule has 0 heterocycles. The van der Waals surface area contributed by atoms with Gasteiger partial charge in [-0.15, -0.1) is 0 Å². The molecule has 0 aliphatic rings. The van der Waals surface area contributed by atoms with Crippen LogP contribution < -0.4 is 0 Å². The zero-order valence-electron chi connectivity index (χ0n) is 5.01. The van der Waals surface area contributed by atoms with Crippen LogP contribution in [0.4, 0.5) is 4.79 Å². The van der Waals surface area contributed by atoms with E-state index in [0.29, 0.717) is 0 Å². The predicted octanol–water partition coefficient (Wildman–Crippen LogP) is 0.0641. The summed E-state index contributed by atoms with van der Waals surface area (Å²) in [7, 11) is 0. The molecule has 0 atom stereocenters. The van der Waals surface area contributed by atoms with Gasteiger partial charge in [-0.2, -0.15) is 0 Å². The number of hydrogen-bond acceptors (Lipinski definition) is 1. The maximum absolute atomic E-state index is 8.56. The van der Waals surface area contributed by atoms with Crippen molar-refractivity contribution in [3.63, 3.8) is 0 Å². The summed E-state index contributed by atoms with van der Waals surface area (Å²) in [5.74, 6) is 0. The van der Waals surface area contributed by atoms with Crippen molar-refractivity contribution >= 4 is 29.2 Å². The second-order valence-electron chi connectivity index (χ2n) is 0.283. The zero-order valence-corrected chi connectivity index (χ0v) is 6.88. The molecule has 0 aliphatic carbocycles. The first kappa shape index (κ1) is 15.8. The van der Waals surface area contributed by atoms with Crippen LogP contribution in [0, 0.1) is 0 Å². The van der Waals surface area contributed by atoms with Crippen molar-refractivity contribution < 1.29 is 44.1 Å². The Morgan fingerprint density at radius 2 is 1.50 bits per heavy atom. The van der Waals surface area contributed by atoms with Crippen molar-refractivity contribution in [1.82, 2.24) is 0 Å². The standard InChI is InChI=1S/CH2O3.Mg.Zr.2H/c2-1(3)4;;;;/h(H2,2,3,4);;;;/q;+2;;2*-1. The minimum Gasteiger partial charge on any atom is -1.00 e. The van der Waals surface area contributed by atoms with E-state index in [9.17, 15) is 0 Å².